The highest BCUT2D eigenvalue weighted by Crippen LogP contribution is 2.30. The topological polar surface area (TPSA) is 115 Å². The van der Waals surface area contributed by atoms with Crippen molar-refractivity contribution >= 4 is 61.1 Å². The summed E-state index contributed by atoms with van der Waals surface area (Å²) in [5.41, 5.74) is 2.79. The van der Waals surface area contributed by atoms with Gasteiger partial charge in [-0.1, -0.05) is 24.3 Å². The maximum atomic E-state index is 13.1. The number of nitrogens with zero attached hydrogens (tertiary/aromatic N) is 5. The number of fused-ring (bicyclic) bond motifs is 1. The standard InChI is InChI=1S/C29H38N6O5S2.ClH/c1-3-22-5-10-25-26(21-22)41-28(31-25)33-15-13-32(14-16-33)12-11-30-27(36)23-6-8-24(9-7-23)42(38,39)35-19-17-34(18-20-35)29(37)40-4-2;/h5-10,21H,3-4,11-20H2,1-2H3,(H,30,36);1H. The van der Waals surface area contributed by atoms with E-state index in [2.05, 4.69) is 40.2 Å². The lowest BCUT2D eigenvalue weighted by Crippen LogP contribution is -2.50. The van der Waals surface area contributed by atoms with Crippen LogP contribution in [0.4, 0.5) is 9.93 Å². The number of rotatable bonds is 9. The first-order valence-corrected chi connectivity index (χ1v) is 16.7. The molecule has 2 fully saturated rings. The first-order valence-electron chi connectivity index (χ1n) is 14.5. The molecule has 1 aromatic heterocycles. The highest BCUT2D eigenvalue weighted by atomic mass is 35.5. The fourth-order valence-electron chi connectivity index (χ4n) is 5.16. The molecular formula is C29H39ClN6O5S2. The molecule has 2 saturated heterocycles. The highest BCUT2D eigenvalue weighted by molar-refractivity contribution is 7.89. The number of aryl methyl sites for hydroxylation is 1. The zero-order valence-electron chi connectivity index (χ0n) is 24.5. The summed E-state index contributed by atoms with van der Waals surface area (Å²) in [7, 11) is -3.72. The number of amides is 2. The van der Waals surface area contributed by atoms with E-state index in [-0.39, 0.29) is 56.0 Å². The van der Waals surface area contributed by atoms with Gasteiger partial charge < -0.3 is 19.9 Å². The summed E-state index contributed by atoms with van der Waals surface area (Å²) >= 11 is 1.75. The Bertz CT molecular complexity index is 1500. The number of carbonyl (C=O) groups excluding carboxylic acids is 2. The number of carbonyl (C=O) groups is 2. The van der Waals surface area contributed by atoms with Gasteiger partial charge >= 0.3 is 6.09 Å². The van der Waals surface area contributed by atoms with Crippen molar-refractivity contribution < 1.29 is 22.7 Å². The van der Waals surface area contributed by atoms with Gasteiger partial charge in [0.05, 0.1) is 21.7 Å². The molecule has 0 unspecified atom stereocenters. The quantitative estimate of drug-likeness (QED) is 0.375. The summed E-state index contributed by atoms with van der Waals surface area (Å²) in [6.45, 7) is 9.92. The highest BCUT2D eigenvalue weighted by Gasteiger charge is 2.30. The third-order valence-corrected chi connectivity index (χ3v) is 10.7. The summed E-state index contributed by atoms with van der Waals surface area (Å²) in [4.78, 5) is 35.7. The molecule has 0 saturated carbocycles. The van der Waals surface area contributed by atoms with Crippen molar-refractivity contribution in [3.63, 3.8) is 0 Å². The number of hydrogen-bond acceptors (Lipinski definition) is 9. The summed E-state index contributed by atoms with van der Waals surface area (Å²) in [5.74, 6) is -0.235. The van der Waals surface area contributed by atoms with E-state index in [0.29, 0.717) is 12.1 Å². The lowest BCUT2D eigenvalue weighted by Gasteiger charge is -2.34. The number of nitrogens with one attached hydrogen (secondary N) is 1. The van der Waals surface area contributed by atoms with Gasteiger partial charge in [0.15, 0.2) is 5.13 Å². The molecule has 0 radical (unpaired) electrons. The molecular weight excluding hydrogens is 612 g/mol. The largest absolute Gasteiger partial charge is 0.450 e. The van der Waals surface area contributed by atoms with E-state index in [1.54, 1.807) is 18.3 Å². The Morgan fingerprint density at radius 2 is 1.65 bits per heavy atom. The van der Waals surface area contributed by atoms with E-state index in [4.69, 9.17) is 9.72 Å². The number of aromatic nitrogens is 1. The van der Waals surface area contributed by atoms with Gasteiger partial charge in [-0.05, 0) is 55.3 Å². The molecule has 0 atom stereocenters. The van der Waals surface area contributed by atoms with Crippen LogP contribution in [0, 0.1) is 0 Å². The SMILES string of the molecule is CCOC(=O)N1CCN(S(=O)(=O)c2ccc(C(=O)NCCN3CCN(c4nc5ccc(CC)cc5s4)CC3)cc2)CC1.Cl. The second-order valence-electron chi connectivity index (χ2n) is 10.4. The van der Waals surface area contributed by atoms with E-state index in [9.17, 15) is 18.0 Å². The molecule has 3 heterocycles. The van der Waals surface area contributed by atoms with Gasteiger partial charge in [0.25, 0.3) is 5.91 Å². The van der Waals surface area contributed by atoms with Crippen LogP contribution in [-0.2, 0) is 21.2 Å². The van der Waals surface area contributed by atoms with Crippen molar-refractivity contribution in [1.82, 2.24) is 24.4 Å². The minimum absolute atomic E-state index is 0. The van der Waals surface area contributed by atoms with Crippen LogP contribution in [0.3, 0.4) is 0 Å². The van der Waals surface area contributed by atoms with E-state index in [1.807, 2.05) is 0 Å². The Morgan fingerprint density at radius 1 is 0.953 bits per heavy atom. The zero-order valence-corrected chi connectivity index (χ0v) is 27.0. The van der Waals surface area contributed by atoms with Crippen molar-refractivity contribution in [2.75, 3.05) is 77.0 Å². The number of thiazole rings is 1. The number of halogens is 1. The average molecular weight is 651 g/mol. The van der Waals surface area contributed by atoms with Crippen molar-refractivity contribution in [3.05, 3.63) is 53.6 Å². The molecule has 0 spiro atoms. The third-order valence-electron chi connectivity index (χ3n) is 7.73. The number of benzene rings is 2. The van der Waals surface area contributed by atoms with Crippen molar-refractivity contribution in [1.29, 1.82) is 0 Å². The minimum atomic E-state index is -3.72. The Labute approximate surface area is 263 Å². The number of hydrogen-bond donors (Lipinski definition) is 1. The Balaban J connectivity index is 0.00000423. The molecule has 2 aromatic carbocycles. The van der Waals surface area contributed by atoms with E-state index in [0.717, 1.165) is 49.8 Å². The van der Waals surface area contributed by atoms with Crippen molar-refractivity contribution in [2.24, 2.45) is 0 Å². The van der Waals surface area contributed by atoms with E-state index >= 15 is 0 Å². The minimum Gasteiger partial charge on any atom is -0.450 e. The first kappa shape index (κ1) is 32.9. The molecule has 0 aliphatic carbocycles. The molecule has 234 valence electrons. The fourth-order valence-corrected chi connectivity index (χ4v) is 7.66. The smallest absolute Gasteiger partial charge is 0.409 e. The maximum absolute atomic E-state index is 13.1. The number of ether oxygens (including phenoxy) is 1. The molecule has 2 aliphatic rings. The van der Waals surface area contributed by atoms with Crippen LogP contribution in [0.15, 0.2) is 47.4 Å². The fraction of sp³-hybridized carbons (Fsp3) is 0.483. The van der Waals surface area contributed by atoms with Crippen molar-refractivity contribution in [3.8, 4) is 0 Å². The summed E-state index contributed by atoms with van der Waals surface area (Å²) in [5, 5.41) is 4.02. The van der Waals surface area contributed by atoms with Gasteiger partial charge in [-0.15, -0.1) is 12.4 Å². The molecule has 14 heteroatoms. The second-order valence-corrected chi connectivity index (χ2v) is 13.3. The van der Waals surface area contributed by atoms with Crippen LogP contribution in [0.1, 0.15) is 29.8 Å². The Hall–Kier alpha value is -2.97. The molecule has 2 aliphatic heterocycles. The van der Waals surface area contributed by atoms with E-state index < -0.39 is 16.1 Å². The van der Waals surface area contributed by atoms with Crippen LogP contribution < -0.4 is 10.2 Å². The van der Waals surface area contributed by atoms with Gasteiger partial charge in [-0.2, -0.15) is 4.31 Å². The lowest BCUT2D eigenvalue weighted by atomic mass is 10.2. The predicted molar refractivity (Wildman–Crippen MR) is 171 cm³/mol. The predicted octanol–water partition coefficient (Wildman–Crippen LogP) is 3.30. The van der Waals surface area contributed by atoms with E-state index in [1.165, 1.54) is 43.7 Å². The van der Waals surface area contributed by atoms with Gasteiger partial charge in [0, 0.05) is 71.0 Å². The molecule has 5 rings (SSSR count). The van der Waals surface area contributed by atoms with Gasteiger partial charge in [-0.3, -0.25) is 9.69 Å². The molecule has 43 heavy (non-hydrogen) atoms. The zero-order chi connectivity index (χ0) is 29.7. The van der Waals surface area contributed by atoms with Crippen LogP contribution >= 0.6 is 23.7 Å². The number of piperazine rings is 2. The lowest BCUT2D eigenvalue weighted by molar-refractivity contribution is 0.0932. The normalized spacial score (nSPS) is 16.6. The maximum Gasteiger partial charge on any atom is 0.409 e. The molecule has 1 N–H and O–H groups in total. The summed E-state index contributed by atoms with van der Waals surface area (Å²) in [6, 6.07) is 12.5. The first-order chi connectivity index (χ1) is 20.3. The number of anilines is 1. The molecule has 11 nitrogen and oxygen atoms in total. The molecule has 0 bridgehead atoms. The van der Waals surface area contributed by atoms with Gasteiger partial charge in [-0.25, -0.2) is 18.2 Å². The number of sulfonamides is 1. The summed E-state index contributed by atoms with van der Waals surface area (Å²) < 4.78 is 33.7. The molecule has 2 amide bonds. The van der Waals surface area contributed by atoms with Gasteiger partial charge in [0.2, 0.25) is 10.0 Å². The Kier molecular flexibility index (Phi) is 11.2. The van der Waals surface area contributed by atoms with Crippen LogP contribution in [-0.4, -0.2) is 112 Å². The second kappa shape index (κ2) is 14.7. The third kappa shape index (κ3) is 7.76. The average Bonchev–Trinajstić information content (AvgIpc) is 3.45. The Morgan fingerprint density at radius 3 is 2.30 bits per heavy atom. The summed E-state index contributed by atoms with van der Waals surface area (Å²) in [6.07, 6.45) is 0.590. The van der Waals surface area contributed by atoms with Crippen LogP contribution in [0.2, 0.25) is 0 Å². The van der Waals surface area contributed by atoms with Crippen LogP contribution in [0.5, 0.6) is 0 Å². The monoisotopic (exact) mass is 650 g/mol. The molecule has 3 aromatic rings. The van der Waals surface area contributed by atoms with Crippen molar-refractivity contribution in [2.45, 2.75) is 25.2 Å². The van der Waals surface area contributed by atoms with Crippen LogP contribution in [0.25, 0.3) is 10.2 Å². The van der Waals surface area contributed by atoms with Gasteiger partial charge in [0.1, 0.15) is 0 Å².